The molecule has 0 heterocycles. The van der Waals surface area contributed by atoms with Gasteiger partial charge in [-0.05, 0) is 42.0 Å². The minimum absolute atomic E-state index is 0.0718. The number of benzene rings is 2. The van der Waals surface area contributed by atoms with Gasteiger partial charge in [-0.1, -0.05) is 28.2 Å². The Labute approximate surface area is 146 Å². The van der Waals surface area contributed by atoms with E-state index in [4.69, 9.17) is 16.4 Å². The van der Waals surface area contributed by atoms with Crippen molar-refractivity contribution in [1.29, 1.82) is 0 Å². The SMILES string of the molecule is CON(C)S(=O)(=O)c1ccc(NC(=O)Cc2ccc(Cl)cc2)cc1. The summed E-state index contributed by atoms with van der Waals surface area (Å²) in [4.78, 5) is 16.8. The van der Waals surface area contributed by atoms with E-state index < -0.39 is 10.0 Å². The number of halogens is 1. The van der Waals surface area contributed by atoms with Crippen LogP contribution in [0.2, 0.25) is 5.02 Å². The van der Waals surface area contributed by atoms with E-state index in [1.807, 2.05) is 0 Å². The zero-order valence-electron chi connectivity index (χ0n) is 13.2. The molecule has 0 radical (unpaired) electrons. The van der Waals surface area contributed by atoms with E-state index in [0.29, 0.717) is 10.7 Å². The maximum absolute atomic E-state index is 12.1. The van der Waals surface area contributed by atoms with Crippen LogP contribution in [0.15, 0.2) is 53.4 Å². The van der Waals surface area contributed by atoms with Crippen molar-refractivity contribution in [3.05, 3.63) is 59.1 Å². The molecule has 0 atom stereocenters. The minimum Gasteiger partial charge on any atom is -0.326 e. The molecule has 0 bridgehead atoms. The van der Waals surface area contributed by atoms with Gasteiger partial charge in [0.2, 0.25) is 5.91 Å². The molecule has 2 rings (SSSR count). The standard InChI is InChI=1S/C16H17ClN2O4S/c1-19(23-2)24(21,22)15-9-7-14(8-10-15)18-16(20)11-12-3-5-13(17)6-4-12/h3-10H,11H2,1-2H3,(H,18,20). The van der Waals surface area contributed by atoms with Gasteiger partial charge in [0.05, 0.1) is 18.4 Å². The first kappa shape index (κ1) is 18.4. The summed E-state index contributed by atoms with van der Waals surface area (Å²) in [6, 6.07) is 12.8. The fraction of sp³-hybridized carbons (Fsp3) is 0.188. The number of hydroxylamine groups is 1. The molecule has 24 heavy (non-hydrogen) atoms. The third-order valence-electron chi connectivity index (χ3n) is 3.31. The third kappa shape index (κ3) is 4.55. The monoisotopic (exact) mass is 368 g/mol. The summed E-state index contributed by atoms with van der Waals surface area (Å²) in [6.45, 7) is 0. The predicted octanol–water partition coefficient (Wildman–Crippen LogP) is 2.70. The summed E-state index contributed by atoms with van der Waals surface area (Å²) >= 11 is 5.80. The maximum atomic E-state index is 12.1. The molecule has 6 nitrogen and oxygen atoms in total. The Balaban J connectivity index is 2.03. The van der Waals surface area contributed by atoms with E-state index in [1.165, 1.54) is 38.4 Å². The fourth-order valence-corrected chi connectivity index (χ4v) is 3.05. The van der Waals surface area contributed by atoms with Crippen LogP contribution in [0.25, 0.3) is 0 Å². The molecule has 0 aliphatic carbocycles. The van der Waals surface area contributed by atoms with E-state index in [2.05, 4.69) is 5.32 Å². The van der Waals surface area contributed by atoms with E-state index >= 15 is 0 Å². The molecule has 1 amide bonds. The smallest absolute Gasteiger partial charge is 0.264 e. The van der Waals surface area contributed by atoms with E-state index in [1.54, 1.807) is 24.3 Å². The third-order valence-corrected chi connectivity index (χ3v) is 5.26. The minimum atomic E-state index is -3.70. The van der Waals surface area contributed by atoms with Crippen LogP contribution in [0.3, 0.4) is 0 Å². The normalized spacial score (nSPS) is 11.5. The van der Waals surface area contributed by atoms with Gasteiger partial charge in [-0.2, -0.15) is 0 Å². The van der Waals surface area contributed by atoms with Gasteiger partial charge in [-0.3, -0.25) is 9.63 Å². The Morgan fingerprint density at radius 2 is 1.71 bits per heavy atom. The zero-order chi connectivity index (χ0) is 17.7. The Morgan fingerprint density at radius 3 is 2.25 bits per heavy atom. The van der Waals surface area contributed by atoms with Crippen LogP contribution in [0.1, 0.15) is 5.56 Å². The Bertz CT molecular complexity index is 805. The number of carbonyl (C=O) groups is 1. The van der Waals surface area contributed by atoms with Crippen LogP contribution in [-0.4, -0.2) is 33.0 Å². The summed E-state index contributed by atoms with van der Waals surface area (Å²) < 4.78 is 24.9. The van der Waals surface area contributed by atoms with Crippen molar-refractivity contribution in [2.75, 3.05) is 19.5 Å². The highest BCUT2D eigenvalue weighted by Gasteiger charge is 2.20. The van der Waals surface area contributed by atoms with Crippen LogP contribution < -0.4 is 5.32 Å². The lowest BCUT2D eigenvalue weighted by atomic mass is 10.1. The molecule has 0 saturated carbocycles. The second kappa shape index (κ2) is 7.76. The Morgan fingerprint density at radius 1 is 1.12 bits per heavy atom. The lowest BCUT2D eigenvalue weighted by Crippen LogP contribution is -2.25. The van der Waals surface area contributed by atoms with E-state index in [-0.39, 0.29) is 17.2 Å². The van der Waals surface area contributed by atoms with E-state index in [0.717, 1.165) is 10.0 Å². The van der Waals surface area contributed by atoms with Gasteiger partial charge in [0.1, 0.15) is 0 Å². The molecular formula is C16H17ClN2O4S. The quantitative estimate of drug-likeness (QED) is 0.795. The number of nitrogens with zero attached hydrogens (tertiary/aromatic N) is 1. The van der Waals surface area contributed by atoms with Crippen LogP contribution in [0.4, 0.5) is 5.69 Å². The molecule has 0 saturated heterocycles. The van der Waals surface area contributed by atoms with Gasteiger partial charge < -0.3 is 5.32 Å². The second-order valence-corrected chi connectivity index (χ2v) is 7.35. The van der Waals surface area contributed by atoms with Crippen molar-refractivity contribution in [2.45, 2.75) is 11.3 Å². The van der Waals surface area contributed by atoms with Crippen LogP contribution in [-0.2, 0) is 26.1 Å². The van der Waals surface area contributed by atoms with Crippen molar-refractivity contribution < 1.29 is 18.0 Å². The Hall–Kier alpha value is -1.93. The zero-order valence-corrected chi connectivity index (χ0v) is 14.8. The first-order chi connectivity index (χ1) is 11.3. The molecule has 0 aliphatic heterocycles. The van der Waals surface area contributed by atoms with Crippen molar-refractivity contribution in [3.8, 4) is 0 Å². The van der Waals surface area contributed by atoms with Gasteiger partial charge >= 0.3 is 0 Å². The van der Waals surface area contributed by atoms with Gasteiger partial charge in [-0.25, -0.2) is 8.42 Å². The molecule has 8 heteroatoms. The summed E-state index contributed by atoms with van der Waals surface area (Å²) in [6.07, 6.45) is 0.198. The molecular weight excluding hydrogens is 352 g/mol. The van der Waals surface area contributed by atoms with E-state index in [9.17, 15) is 13.2 Å². The highest BCUT2D eigenvalue weighted by atomic mass is 35.5. The number of hydrogen-bond acceptors (Lipinski definition) is 4. The molecule has 0 aliphatic rings. The van der Waals surface area contributed by atoms with Crippen molar-refractivity contribution >= 4 is 33.2 Å². The molecule has 0 fully saturated rings. The van der Waals surface area contributed by atoms with Crippen molar-refractivity contribution in [1.82, 2.24) is 4.47 Å². The number of carbonyl (C=O) groups excluding carboxylic acids is 1. The van der Waals surface area contributed by atoms with Gasteiger partial charge in [0, 0.05) is 17.8 Å². The second-order valence-electron chi connectivity index (χ2n) is 4.97. The highest BCUT2D eigenvalue weighted by molar-refractivity contribution is 7.89. The van der Waals surface area contributed by atoms with Crippen LogP contribution in [0.5, 0.6) is 0 Å². The molecule has 128 valence electrons. The average Bonchev–Trinajstić information content (AvgIpc) is 2.56. The largest absolute Gasteiger partial charge is 0.326 e. The summed E-state index contributed by atoms with van der Waals surface area (Å²) in [5, 5.41) is 3.32. The number of nitrogens with one attached hydrogen (secondary N) is 1. The van der Waals surface area contributed by atoms with Gasteiger partial charge in [-0.15, -0.1) is 0 Å². The van der Waals surface area contributed by atoms with Gasteiger partial charge in [0.25, 0.3) is 10.0 Å². The first-order valence-corrected chi connectivity index (χ1v) is 8.82. The fourth-order valence-electron chi connectivity index (χ4n) is 1.95. The average molecular weight is 369 g/mol. The lowest BCUT2D eigenvalue weighted by Gasteiger charge is -2.14. The number of hydrogen-bond donors (Lipinski definition) is 1. The summed E-state index contributed by atoms with van der Waals surface area (Å²) in [5.74, 6) is -0.207. The van der Waals surface area contributed by atoms with Gasteiger partial charge in [0.15, 0.2) is 0 Å². The topological polar surface area (TPSA) is 75.7 Å². The number of rotatable bonds is 6. The molecule has 1 N–H and O–H groups in total. The predicted molar refractivity (Wildman–Crippen MR) is 92.2 cm³/mol. The number of anilines is 1. The Kier molecular flexibility index (Phi) is 5.95. The van der Waals surface area contributed by atoms with Crippen LogP contribution in [0, 0.1) is 0 Å². The molecule has 0 spiro atoms. The highest BCUT2D eigenvalue weighted by Crippen LogP contribution is 2.18. The number of sulfonamides is 1. The molecule has 2 aromatic rings. The molecule has 0 aromatic heterocycles. The van der Waals surface area contributed by atoms with Crippen LogP contribution >= 0.6 is 11.6 Å². The lowest BCUT2D eigenvalue weighted by molar-refractivity contribution is -0.115. The van der Waals surface area contributed by atoms with Crippen molar-refractivity contribution in [3.63, 3.8) is 0 Å². The maximum Gasteiger partial charge on any atom is 0.264 e. The summed E-state index contributed by atoms with van der Waals surface area (Å²) in [5.41, 5.74) is 1.34. The molecule has 0 unspecified atom stereocenters. The molecule has 2 aromatic carbocycles. The first-order valence-electron chi connectivity index (χ1n) is 7.00. The number of amides is 1. The summed E-state index contributed by atoms with van der Waals surface area (Å²) in [7, 11) is -1.13. The van der Waals surface area contributed by atoms with Crippen molar-refractivity contribution in [2.24, 2.45) is 0 Å².